The average Bonchev–Trinajstić information content (AvgIpc) is 2.86. The Labute approximate surface area is 118 Å². The zero-order chi connectivity index (χ0) is 14.5. The van der Waals surface area contributed by atoms with Crippen LogP contribution in [0, 0.1) is 5.82 Å². The molecule has 20 heavy (non-hydrogen) atoms. The van der Waals surface area contributed by atoms with Crippen LogP contribution < -0.4 is 5.32 Å². The molecule has 108 valence electrons. The Morgan fingerprint density at radius 2 is 2.20 bits per heavy atom. The molecule has 2 aromatic rings. The highest BCUT2D eigenvalue weighted by atomic mass is 19.1. The molecule has 0 aliphatic heterocycles. The van der Waals surface area contributed by atoms with E-state index in [0.717, 1.165) is 11.3 Å². The zero-order valence-electron chi connectivity index (χ0n) is 12.1. The van der Waals surface area contributed by atoms with Crippen molar-refractivity contribution in [3.8, 4) is 0 Å². The number of ether oxygens (including phenoxy) is 1. The van der Waals surface area contributed by atoms with Gasteiger partial charge in [-0.05, 0) is 30.7 Å². The first-order chi connectivity index (χ1) is 9.61. The second kappa shape index (κ2) is 6.63. The predicted molar refractivity (Wildman–Crippen MR) is 75.6 cm³/mol. The molecule has 0 aliphatic rings. The van der Waals surface area contributed by atoms with Crippen LogP contribution in [0.2, 0.25) is 0 Å². The van der Waals surface area contributed by atoms with Crippen molar-refractivity contribution >= 4 is 0 Å². The number of hydrogen-bond donors (Lipinski definition) is 1. The third kappa shape index (κ3) is 3.43. The largest absolute Gasteiger partial charge is 0.380 e. The van der Waals surface area contributed by atoms with Crippen molar-refractivity contribution in [2.24, 2.45) is 7.05 Å². The van der Waals surface area contributed by atoms with Crippen LogP contribution in [0.1, 0.15) is 29.8 Å². The quantitative estimate of drug-likeness (QED) is 0.882. The molecule has 0 spiro atoms. The number of nitrogens with one attached hydrogen (secondary N) is 1. The Bertz CT molecular complexity index is 568. The summed E-state index contributed by atoms with van der Waals surface area (Å²) in [5, 5.41) is 7.56. The average molecular weight is 277 g/mol. The summed E-state index contributed by atoms with van der Waals surface area (Å²) in [4.78, 5) is 0. The minimum Gasteiger partial charge on any atom is -0.380 e. The maximum atomic E-state index is 13.5. The molecule has 0 saturated carbocycles. The van der Waals surface area contributed by atoms with Crippen LogP contribution in [0.3, 0.4) is 0 Å². The van der Waals surface area contributed by atoms with E-state index in [4.69, 9.17) is 4.74 Å². The maximum absolute atomic E-state index is 13.5. The predicted octanol–water partition coefficient (Wildman–Crippen LogP) is 2.56. The van der Waals surface area contributed by atoms with E-state index in [1.165, 1.54) is 6.07 Å². The molecule has 0 amide bonds. The maximum Gasteiger partial charge on any atom is 0.128 e. The lowest BCUT2D eigenvalue weighted by atomic mass is 10.1. The van der Waals surface area contributed by atoms with Crippen molar-refractivity contribution in [3.05, 3.63) is 53.1 Å². The number of nitrogens with zero attached hydrogens (tertiary/aromatic N) is 2. The van der Waals surface area contributed by atoms with Crippen LogP contribution in [0.5, 0.6) is 0 Å². The van der Waals surface area contributed by atoms with Crippen LogP contribution >= 0.6 is 0 Å². The van der Waals surface area contributed by atoms with Gasteiger partial charge in [-0.15, -0.1) is 0 Å². The summed E-state index contributed by atoms with van der Waals surface area (Å²) in [7, 11) is 3.48. The Morgan fingerprint density at radius 1 is 1.40 bits per heavy atom. The van der Waals surface area contributed by atoms with E-state index in [1.807, 2.05) is 23.9 Å². The third-order valence-electron chi connectivity index (χ3n) is 3.32. The van der Waals surface area contributed by atoms with Gasteiger partial charge in [-0.3, -0.25) is 4.68 Å². The lowest BCUT2D eigenvalue weighted by Gasteiger charge is -2.15. The lowest BCUT2D eigenvalue weighted by molar-refractivity contribution is 0.181. The molecule has 0 aliphatic carbocycles. The molecule has 1 unspecified atom stereocenters. The van der Waals surface area contributed by atoms with Gasteiger partial charge in [-0.2, -0.15) is 5.10 Å². The van der Waals surface area contributed by atoms with Crippen molar-refractivity contribution in [2.75, 3.05) is 7.11 Å². The minimum atomic E-state index is -0.227. The van der Waals surface area contributed by atoms with E-state index in [0.29, 0.717) is 12.1 Å². The number of hydrogen-bond acceptors (Lipinski definition) is 3. The third-order valence-corrected chi connectivity index (χ3v) is 3.32. The van der Waals surface area contributed by atoms with Gasteiger partial charge >= 0.3 is 0 Å². The van der Waals surface area contributed by atoms with E-state index in [-0.39, 0.29) is 18.5 Å². The number of rotatable bonds is 6. The van der Waals surface area contributed by atoms with Crippen LogP contribution in [-0.2, 0) is 24.9 Å². The molecule has 1 atom stereocenters. The molecule has 0 radical (unpaired) electrons. The fourth-order valence-electron chi connectivity index (χ4n) is 2.19. The second-order valence-electron chi connectivity index (χ2n) is 4.84. The Hall–Kier alpha value is -1.72. The highest BCUT2D eigenvalue weighted by Crippen LogP contribution is 2.14. The van der Waals surface area contributed by atoms with Crippen molar-refractivity contribution in [2.45, 2.75) is 26.1 Å². The summed E-state index contributed by atoms with van der Waals surface area (Å²) in [6, 6.07) is 7.27. The monoisotopic (exact) mass is 277 g/mol. The van der Waals surface area contributed by atoms with Crippen LogP contribution in [-0.4, -0.2) is 16.9 Å². The fourth-order valence-corrected chi connectivity index (χ4v) is 2.19. The number of halogens is 1. The SMILES string of the molecule is COCc1cc(CNC(C)c2ccnn2C)ccc1F. The van der Waals surface area contributed by atoms with Gasteiger partial charge in [0.15, 0.2) is 0 Å². The number of aryl methyl sites for hydroxylation is 1. The zero-order valence-corrected chi connectivity index (χ0v) is 12.1. The molecule has 1 aromatic carbocycles. The molecule has 5 heteroatoms. The smallest absolute Gasteiger partial charge is 0.128 e. The molecule has 4 nitrogen and oxygen atoms in total. The normalized spacial score (nSPS) is 12.6. The summed E-state index contributed by atoms with van der Waals surface area (Å²) in [6.07, 6.45) is 1.78. The first kappa shape index (κ1) is 14.7. The van der Waals surface area contributed by atoms with Crippen LogP contribution in [0.25, 0.3) is 0 Å². The van der Waals surface area contributed by atoms with E-state index >= 15 is 0 Å². The summed E-state index contributed by atoms with van der Waals surface area (Å²) in [6.45, 7) is 3.04. The van der Waals surface area contributed by atoms with E-state index < -0.39 is 0 Å². The van der Waals surface area contributed by atoms with Gasteiger partial charge in [-0.1, -0.05) is 6.07 Å². The molecule has 2 rings (SSSR count). The first-order valence-electron chi connectivity index (χ1n) is 6.59. The van der Waals surface area contributed by atoms with E-state index in [1.54, 1.807) is 19.4 Å². The Kier molecular flexibility index (Phi) is 4.87. The highest BCUT2D eigenvalue weighted by Gasteiger charge is 2.09. The van der Waals surface area contributed by atoms with Crippen molar-refractivity contribution in [3.63, 3.8) is 0 Å². The van der Waals surface area contributed by atoms with Crippen LogP contribution in [0.15, 0.2) is 30.5 Å². The number of aromatic nitrogens is 2. The van der Waals surface area contributed by atoms with E-state index in [2.05, 4.69) is 17.3 Å². The first-order valence-corrected chi connectivity index (χ1v) is 6.59. The summed E-state index contributed by atoms with van der Waals surface area (Å²) in [5.41, 5.74) is 2.73. The standard InChI is InChI=1S/C15H20FN3O/c1-11(15-6-7-18-19(15)2)17-9-12-4-5-14(16)13(8-12)10-20-3/h4-8,11,17H,9-10H2,1-3H3. The molecule has 0 fully saturated rings. The second-order valence-corrected chi connectivity index (χ2v) is 4.84. The summed E-state index contributed by atoms with van der Waals surface area (Å²) >= 11 is 0. The van der Waals surface area contributed by atoms with Crippen molar-refractivity contribution in [1.29, 1.82) is 0 Å². The highest BCUT2D eigenvalue weighted by molar-refractivity contribution is 5.24. The topological polar surface area (TPSA) is 39.1 Å². The van der Waals surface area contributed by atoms with Gasteiger partial charge in [0.2, 0.25) is 0 Å². The number of benzene rings is 1. The summed E-state index contributed by atoms with van der Waals surface area (Å²) in [5.74, 6) is -0.227. The van der Waals surface area contributed by atoms with Gasteiger partial charge in [0.25, 0.3) is 0 Å². The Morgan fingerprint density at radius 3 is 2.85 bits per heavy atom. The summed E-state index contributed by atoms with van der Waals surface area (Å²) < 4.78 is 20.4. The van der Waals surface area contributed by atoms with Gasteiger partial charge < -0.3 is 10.1 Å². The molecule has 1 heterocycles. The fraction of sp³-hybridized carbons (Fsp3) is 0.400. The Balaban J connectivity index is 2.00. The van der Waals surface area contributed by atoms with Gasteiger partial charge in [-0.25, -0.2) is 4.39 Å². The molecule has 1 N–H and O–H groups in total. The molecule has 1 aromatic heterocycles. The minimum absolute atomic E-state index is 0.179. The van der Waals surface area contributed by atoms with E-state index in [9.17, 15) is 4.39 Å². The van der Waals surface area contributed by atoms with Crippen LogP contribution in [0.4, 0.5) is 4.39 Å². The lowest BCUT2D eigenvalue weighted by Crippen LogP contribution is -2.20. The molecule has 0 bridgehead atoms. The van der Waals surface area contributed by atoms with Gasteiger partial charge in [0.1, 0.15) is 5.82 Å². The molecular formula is C15H20FN3O. The molecule has 0 saturated heterocycles. The molecular weight excluding hydrogens is 257 g/mol. The van der Waals surface area contributed by atoms with Gasteiger partial charge in [0.05, 0.1) is 12.3 Å². The van der Waals surface area contributed by atoms with Gasteiger partial charge in [0, 0.05) is 38.5 Å². The number of methoxy groups -OCH3 is 1. The van der Waals surface area contributed by atoms with Crippen molar-refractivity contribution in [1.82, 2.24) is 15.1 Å². The van der Waals surface area contributed by atoms with Crippen molar-refractivity contribution < 1.29 is 9.13 Å².